The number of para-hydroxylation sites is 2. The molecule has 2 heterocycles. The summed E-state index contributed by atoms with van der Waals surface area (Å²) in [6.45, 7) is 7.47. The topological polar surface area (TPSA) is 139 Å². The maximum Gasteiger partial charge on any atom is 0.320 e. The van der Waals surface area contributed by atoms with E-state index in [1.807, 2.05) is 76.2 Å². The van der Waals surface area contributed by atoms with Crippen molar-refractivity contribution in [3.63, 3.8) is 0 Å². The monoisotopic (exact) mass is 580 g/mol. The number of nitrogens with zero attached hydrogens (tertiary/aromatic N) is 6. The van der Waals surface area contributed by atoms with Gasteiger partial charge in [0.1, 0.15) is 18.3 Å². The number of anilines is 2. The van der Waals surface area contributed by atoms with E-state index >= 15 is 0 Å². The Morgan fingerprint density at radius 1 is 1.02 bits per heavy atom. The predicted octanol–water partition coefficient (Wildman–Crippen LogP) is 3.96. The first kappa shape index (κ1) is 29.4. The molecule has 43 heavy (non-hydrogen) atoms. The van der Waals surface area contributed by atoms with Crippen LogP contribution in [0.4, 0.5) is 16.2 Å². The number of hydrogen-bond acceptors (Lipinski definition) is 6. The summed E-state index contributed by atoms with van der Waals surface area (Å²) < 4.78 is 0. The van der Waals surface area contributed by atoms with Gasteiger partial charge in [0.25, 0.3) is 5.91 Å². The molecule has 1 aliphatic rings. The van der Waals surface area contributed by atoms with Gasteiger partial charge in [-0.1, -0.05) is 61.5 Å². The number of tetrazole rings is 1. The average Bonchev–Trinajstić information content (AvgIpc) is 3.49. The highest BCUT2D eigenvalue weighted by Crippen LogP contribution is 2.42. The molecule has 0 radical (unpaired) electrons. The zero-order valence-electron chi connectivity index (χ0n) is 24.8. The number of carbonyl (C=O) groups excluding carboxylic acids is 3. The summed E-state index contributed by atoms with van der Waals surface area (Å²) in [7, 11) is 0. The van der Waals surface area contributed by atoms with Crippen LogP contribution in [0.3, 0.4) is 0 Å². The minimum atomic E-state index is -1.06. The predicted molar refractivity (Wildman–Crippen MR) is 164 cm³/mol. The average molecular weight is 581 g/mol. The van der Waals surface area contributed by atoms with E-state index in [0.717, 1.165) is 23.1 Å². The lowest BCUT2D eigenvalue weighted by Crippen LogP contribution is -2.55. The number of rotatable bonds is 7. The molecule has 0 saturated carbocycles. The fourth-order valence-corrected chi connectivity index (χ4v) is 5.62. The third-order valence-electron chi connectivity index (χ3n) is 7.45. The quantitative estimate of drug-likeness (QED) is 0.339. The first-order chi connectivity index (χ1) is 20.6. The highest BCUT2D eigenvalue weighted by molar-refractivity contribution is 6.09. The third-order valence-corrected chi connectivity index (χ3v) is 7.45. The van der Waals surface area contributed by atoms with E-state index in [4.69, 9.17) is 5.73 Å². The summed E-state index contributed by atoms with van der Waals surface area (Å²) in [5.41, 5.74) is 9.86. The molecule has 222 valence electrons. The lowest BCUT2D eigenvalue weighted by molar-refractivity contribution is -0.125. The molecule has 0 saturated heterocycles. The molecule has 3 N–H and O–H groups in total. The molecule has 0 bridgehead atoms. The van der Waals surface area contributed by atoms with Gasteiger partial charge >= 0.3 is 6.03 Å². The SMILES string of the molecule is CCc1ccc2c(c1)N(CC(=O)NC(C)(C)C)C(=O)C(N(C(N)=O)c1ccccc1-n1ncnn1)CC2c1ccccc1. The molecule has 3 aromatic carbocycles. The Labute approximate surface area is 250 Å². The normalized spacial score (nSPS) is 16.7. The minimum Gasteiger partial charge on any atom is -0.351 e. The fourth-order valence-electron chi connectivity index (χ4n) is 5.62. The molecule has 11 heteroatoms. The molecule has 5 rings (SSSR count). The second-order valence-electron chi connectivity index (χ2n) is 11.6. The summed E-state index contributed by atoms with van der Waals surface area (Å²) in [6, 6.07) is 20.9. The highest BCUT2D eigenvalue weighted by Gasteiger charge is 2.42. The maximum atomic E-state index is 14.7. The van der Waals surface area contributed by atoms with Gasteiger partial charge in [-0.25, -0.2) is 4.79 Å². The second kappa shape index (κ2) is 12.0. The molecule has 0 fully saturated rings. The third kappa shape index (κ3) is 6.25. The summed E-state index contributed by atoms with van der Waals surface area (Å²) in [4.78, 5) is 45.5. The number of aryl methyl sites for hydroxylation is 1. The number of carbonyl (C=O) groups is 3. The van der Waals surface area contributed by atoms with Gasteiger partial charge in [0.2, 0.25) is 5.91 Å². The number of amides is 4. The molecule has 0 spiro atoms. The number of fused-ring (bicyclic) bond motifs is 1. The van der Waals surface area contributed by atoms with E-state index in [0.29, 0.717) is 17.1 Å². The van der Waals surface area contributed by atoms with Crippen LogP contribution < -0.4 is 20.9 Å². The number of nitrogens with two attached hydrogens (primary N) is 1. The molecule has 0 aliphatic carbocycles. The molecule has 1 aliphatic heterocycles. The van der Waals surface area contributed by atoms with E-state index < -0.39 is 23.5 Å². The van der Waals surface area contributed by atoms with Crippen molar-refractivity contribution in [1.82, 2.24) is 25.5 Å². The molecule has 11 nitrogen and oxygen atoms in total. The lowest BCUT2D eigenvalue weighted by atomic mass is 9.85. The van der Waals surface area contributed by atoms with E-state index in [2.05, 4.69) is 20.7 Å². The Bertz CT molecular complexity index is 1620. The van der Waals surface area contributed by atoms with Crippen LogP contribution in [-0.4, -0.2) is 56.2 Å². The van der Waals surface area contributed by atoms with Crippen LogP contribution in [0.5, 0.6) is 0 Å². The number of benzene rings is 3. The standard InChI is InChI=1S/C32H36N8O3/c1-5-21-15-16-23-24(22-11-7-6-8-12-22)18-28(30(42)38(27(23)17-21)19-29(41)36-32(2,3)4)39(31(33)43)25-13-9-10-14-26(25)40-35-20-34-37-40/h6-17,20,24,28H,5,18-19H2,1-4H3,(H2,33,43)(H,36,41). The van der Waals surface area contributed by atoms with Crippen molar-refractivity contribution in [2.24, 2.45) is 5.73 Å². The van der Waals surface area contributed by atoms with Gasteiger partial charge in [0.15, 0.2) is 6.33 Å². The van der Waals surface area contributed by atoms with Crippen molar-refractivity contribution < 1.29 is 14.4 Å². The molecule has 2 unspecified atom stereocenters. The first-order valence-electron chi connectivity index (χ1n) is 14.3. The van der Waals surface area contributed by atoms with Crippen molar-refractivity contribution in [3.8, 4) is 5.69 Å². The first-order valence-corrected chi connectivity index (χ1v) is 14.3. The Balaban J connectivity index is 1.71. The Morgan fingerprint density at radius 3 is 2.40 bits per heavy atom. The van der Waals surface area contributed by atoms with Crippen molar-refractivity contribution in [2.75, 3.05) is 16.3 Å². The van der Waals surface area contributed by atoms with Gasteiger partial charge in [-0.3, -0.25) is 14.5 Å². The van der Waals surface area contributed by atoms with Crippen LogP contribution in [0, 0.1) is 0 Å². The van der Waals surface area contributed by atoms with Gasteiger partial charge in [0.05, 0.1) is 5.69 Å². The van der Waals surface area contributed by atoms with E-state index in [-0.39, 0.29) is 24.8 Å². The molecule has 1 aromatic heterocycles. The number of primary amides is 1. The van der Waals surface area contributed by atoms with Gasteiger partial charge in [0, 0.05) is 17.1 Å². The van der Waals surface area contributed by atoms with Gasteiger partial charge in [-0.15, -0.1) is 15.0 Å². The van der Waals surface area contributed by atoms with Gasteiger partial charge < -0.3 is 16.0 Å². The second-order valence-corrected chi connectivity index (χ2v) is 11.6. The zero-order valence-corrected chi connectivity index (χ0v) is 24.8. The lowest BCUT2D eigenvalue weighted by Gasteiger charge is -2.33. The number of hydrogen-bond donors (Lipinski definition) is 2. The summed E-state index contributed by atoms with van der Waals surface area (Å²) in [5, 5.41) is 14.9. The van der Waals surface area contributed by atoms with Crippen molar-refractivity contribution in [1.29, 1.82) is 0 Å². The Hall–Kier alpha value is -5.06. The Kier molecular flexibility index (Phi) is 8.24. The van der Waals surface area contributed by atoms with Crippen LogP contribution >= 0.6 is 0 Å². The Morgan fingerprint density at radius 2 is 1.74 bits per heavy atom. The molecule has 4 amide bonds. The van der Waals surface area contributed by atoms with Gasteiger partial charge in [-0.05, 0) is 73.7 Å². The highest BCUT2D eigenvalue weighted by atomic mass is 16.2. The van der Waals surface area contributed by atoms with Crippen LogP contribution in [0.25, 0.3) is 5.69 Å². The van der Waals surface area contributed by atoms with Crippen molar-refractivity contribution >= 4 is 29.2 Å². The molecular weight excluding hydrogens is 544 g/mol. The molecule has 2 atom stereocenters. The van der Waals surface area contributed by atoms with Crippen LogP contribution in [0.2, 0.25) is 0 Å². The van der Waals surface area contributed by atoms with Crippen molar-refractivity contribution in [2.45, 2.75) is 58.0 Å². The number of nitrogens with one attached hydrogen (secondary N) is 1. The van der Waals surface area contributed by atoms with Crippen LogP contribution in [0.1, 0.15) is 56.7 Å². The smallest absolute Gasteiger partial charge is 0.320 e. The minimum absolute atomic E-state index is 0.223. The number of aromatic nitrogens is 4. The van der Waals surface area contributed by atoms with Crippen molar-refractivity contribution in [3.05, 3.63) is 95.8 Å². The van der Waals surface area contributed by atoms with E-state index in [9.17, 15) is 14.4 Å². The summed E-state index contributed by atoms with van der Waals surface area (Å²) >= 11 is 0. The van der Waals surface area contributed by atoms with E-state index in [1.54, 1.807) is 24.3 Å². The summed E-state index contributed by atoms with van der Waals surface area (Å²) in [5.74, 6) is -1.02. The largest absolute Gasteiger partial charge is 0.351 e. The number of urea groups is 1. The molecular formula is C32H36N8O3. The summed E-state index contributed by atoms with van der Waals surface area (Å²) in [6.07, 6.45) is 2.25. The maximum absolute atomic E-state index is 14.7. The zero-order chi connectivity index (χ0) is 30.7. The van der Waals surface area contributed by atoms with E-state index in [1.165, 1.54) is 20.9 Å². The van der Waals surface area contributed by atoms with Gasteiger partial charge in [-0.2, -0.15) is 0 Å². The van der Waals surface area contributed by atoms with Crippen LogP contribution in [-0.2, 0) is 16.0 Å². The van der Waals surface area contributed by atoms with Crippen LogP contribution in [0.15, 0.2) is 79.1 Å². The fraction of sp³-hybridized carbons (Fsp3) is 0.312. The molecule has 4 aromatic rings.